The van der Waals surface area contributed by atoms with Gasteiger partial charge in [0.2, 0.25) is 0 Å². The molecule has 6 nitrogen and oxygen atoms in total. The van der Waals surface area contributed by atoms with Gasteiger partial charge in [0, 0.05) is 32.7 Å². The first-order valence-electron chi connectivity index (χ1n) is 8.95. The van der Waals surface area contributed by atoms with Crippen molar-refractivity contribution in [2.24, 2.45) is 7.05 Å². The molecular weight excluding hydrogens is 316 g/mol. The number of aryl methyl sites for hydroxylation is 1. The van der Waals surface area contributed by atoms with Crippen LogP contribution in [0.5, 0.6) is 0 Å². The van der Waals surface area contributed by atoms with Crippen LogP contribution in [0.2, 0.25) is 0 Å². The number of nitrogens with zero attached hydrogens (tertiary/aromatic N) is 4. The van der Waals surface area contributed by atoms with Crippen molar-refractivity contribution in [3.05, 3.63) is 47.5 Å². The van der Waals surface area contributed by atoms with E-state index in [-0.39, 0.29) is 18.1 Å². The van der Waals surface area contributed by atoms with Crippen molar-refractivity contribution in [2.45, 2.75) is 43.7 Å². The van der Waals surface area contributed by atoms with E-state index in [0.717, 1.165) is 17.8 Å². The van der Waals surface area contributed by atoms with Gasteiger partial charge in [-0.3, -0.25) is 4.79 Å². The van der Waals surface area contributed by atoms with Gasteiger partial charge in [-0.1, -0.05) is 18.6 Å². The maximum Gasteiger partial charge on any atom is 0.254 e. The zero-order valence-corrected chi connectivity index (χ0v) is 14.8. The summed E-state index contributed by atoms with van der Waals surface area (Å²) in [6.45, 7) is 0.581. The topological polar surface area (TPSA) is 60.3 Å². The van der Waals surface area contributed by atoms with Crippen LogP contribution in [-0.4, -0.2) is 45.3 Å². The highest BCUT2D eigenvalue weighted by Crippen LogP contribution is 2.37. The van der Waals surface area contributed by atoms with Gasteiger partial charge in [-0.25, -0.2) is 0 Å². The van der Waals surface area contributed by atoms with Gasteiger partial charge >= 0.3 is 0 Å². The second-order valence-corrected chi connectivity index (χ2v) is 7.12. The lowest BCUT2D eigenvalue weighted by molar-refractivity contribution is 0.0683. The molecule has 0 N–H and O–H groups in total. The number of hydrogen-bond acceptors (Lipinski definition) is 4. The molecule has 2 fully saturated rings. The molecule has 1 aliphatic heterocycles. The van der Waals surface area contributed by atoms with Gasteiger partial charge in [-0.05, 0) is 36.5 Å². The van der Waals surface area contributed by atoms with Crippen LogP contribution >= 0.6 is 0 Å². The van der Waals surface area contributed by atoms with E-state index >= 15 is 0 Å². The minimum atomic E-state index is -0.101. The summed E-state index contributed by atoms with van der Waals surface area (Å²) in [5, 5.41) is 8.18. The van der Waals surface area contributed by atoms with Gasteiger partial charge in [0.1, 0.15) is 6.33 Å². The molecule has 1 saturated carbocycles. The summed E-state index contributed by atoms with van der Waals surface area (Å²) in [7, 11) is 3.60. The molecule has 1 aromatic carbocycles. The van der Waals surface area contributed by atoms with Crippen LogP contribution in [0.1, 0.15) is 59.4 Å². The van der Waals surface area contributed by atoms with Crippen molar-refractivity contribution in [3.8, 4) is 0 Å². The molecule has 1 saturated heterocycles. The van der Waals surface area contributed by atoms with Crippen LogP contribution in [-0.2, 0) is 11.8 Å². The second-order valence-electron chi connectivity index (χ2n) is 7.12. The Morgan fingerprint density at radius 3 is 2.56 bits per heavy atom. The first-order valence-corrected chi connectivity index (χ1v) is 8.95. The van der Waals surface area contributed by atoms with E-state index in [2.05, 4.69) is 22.3 Å². The molecule has 0 radical (unpaired) electrons. The summed E-state index contributed by atoms with van der Waals surface area (Å²) in [5.74, 6) is 1.52. The van der Waals surface area contributed by atoms with Crippen molar-refractivity contribution < 1.29 is 9.53 Å². The standard InChI is InChI=1S/C19H24N4O2/c1-22-12-20-21-18(22)17-10-16(25-2)11-23(17)19(24)15-8-6-14(7-9-15)13-4-3-5-13/h6-9,12-13,16-17H,3-5,10-11H2,1-2H3/t16-,17+/m1/s1. The summed E-state index contributed by atoms with van der Waals surface area (Å²) in [6, 6.07) is 8.04. The van der Waals surface area contributed by atoms with Crippen molar-refractivity contribution in [3.63, 3.8) is 0 Å². The number of methoxy groups -OCH3 is 1. The number of amides is 1. The maximum atomic E-state index is 13.1. The Bertz CT molecular complexity index is 751. The molecule has 0 bridgehead atoms. The van der Waals surface area contributed by atoms with Gasteiger partial charge in [-0.15, -0.1) is 10.2 Å². The number of aromatic nitrogens is 3. The Kier molecular flexibility index (Phi) is 4.29. The third-order valence-electron chi connectivity index (χ3n) is 5.64. The SMILES string of the molecule is CO[C@@H]1C[C@@H](c2nncn2C)N(C(=O)c2ccc(C3CCC3)cc2)C1. The van der Waals surface area contributed by atoms with Crippen LogP contribution in [0.15, 0.2) is 30.6 Å². The van der Waals surface area contributed by atoms with E-state index in [0.29, 0.717) is 12.5 Å². The first kappa shape index (κ1) is 16.3. The third-order valence-corrected chi connectivity index (χ3v) is 5.64. The number of rotatable bonds is 4. The first-order chi connectivity index (χ1) is 12.2. The fourth-order valence-corrected chi connectivity index (χ4v) is 3.84. The van der Waals surface area contributed by atoms with Crippen LogP contribution in [0.4, 0.5) is 0 Å². The monoisotopic (exact) mass is 340 g/mol. The van der Waals surface area contributed by atoms with Crippen molar-refractivity contribution in [1.29, 1.82) is 0 Å². The second kappa shape index (κ2) is 6.59. The van der Waals surface area contributed by atoms with Crippen LogP contribution < -0.4 is 0 Å². The van der Waals surface area contributed by atoms with Gasteiger partial charge in [0.25, 0.3) is 5.91 Å². The molecule has 1 aliphatic carbocycles. The predicted molar refractivity (Wildman–Crippen MR) is 93.2 cm³/mol. The molecule has 132 valence electrons. The Morgan fingerprint density at radius 1 is 1.24 bits per heavy atom. The van der Waals surface area contributed by atoms with E-state index in [1.165, 1.54) is 24.8 Å². The molecule has 2 aromatic rings. The van der Waals surface area contributed by atoms with E-state index in [1.54, 1.807) is 13.4 Å². The molecule has 25 heavy (non-hydrogen) atoms. The molecule has 0 spiro atoms. The number of likely N-dealkylation sites (tertiary alicyclic amines) is 1. The molecule has 2 atom stereocenters. The van der Waals surface area contributed by atoms with Crippen LogP contribution in [0.3, 0.4) is 0 Å². The molecule has 4 rings (SSSR count). The highest BCUT2D eigenvalue weighted by atomic mass is 16.5. The lowest BCUT2D eigenvalue weighted by atomic mass is 9.80. The largest absolute Gasteiger partial charge is 0.380 e. The Labute approximate surface area is 147 Å². The number of benzene rings is 1. The minimum absolute atomic E-state index is 0.0277. The van der Waals surface area contributed by atoms with Gasteiger partial charge in [-0.2, -0.15) is 0 Å². The van der Waals surface area contributed by atoms with Gasteiger partial charge < -0.3 is 14.2 Å². The van der Waals surface area contributed by atoms with Crippen LogP contribution in [0, 0.1) is 0 Å². The Balaban J connectivity index is 1.57. The smallest absolute Gasteiger partial charge is 0.254 e. The number of ether oxygens (including phenoxy) is 1. The summed E-state index contributed by atoms with van der Waals surface area (Å²) in [6.07, 6.45) is 6.30. The zero-order chi connectivity index (χ0) is 17.4. The average Bonchev–Trinajstić information content (AvgIpc) is 3.19. The van der Waals surface area contributed by atoms with E-state index < -0.39 is 0 Å². The lowest BCUT2D eigenvalue weighted by Crippen LogP contribution is -2.33. The summed E-state index contributed by atoms with van der Waals surface area (Å²) in [4.78, 5) is 15.0. The number of carbonyl (C=O) groups is 1. The zero-order valence-electron chi connectivity index (χ0n) is 14.8. The number of carbonyl (C=O) groups excluding carboxylic acids is 1. The summed E-state index contributed by atoms with van der Waals surface area (Å²) in [5.41, 5.74) is 2.08. The lowest BCUT2D eigenvalue weighted by Gasteiger charge is -2.26. The molecule has 2 aliphatic rings. The van der Waals surface area contributed by atoms with Gasteiger partial charge in [0.15, 0.2) is 5.82 Å². The Morgan fingerprint density at radius 2 is 2.00 bits per heavy atom. The molecule has 6 heteroatoms. The average molecular weight is 340 g/mol. The molecule has 0 unspecified atom stereocenters. The highest BCUT2D eigenvalue weighted by molar-refractivity contribution is 5.94. The van der Waals surface area contributed by atoms with Crippen LogP contribution in [0.25, 0.3) is 0 Å². The highest BCUT2D eigenvalue weighted by Gasteiger charge is 2.39. The maximum absolute atomic E-state index is 13.1. The summed E-state index contributed by atoms with van der Waals surface area (Å²) >= 11 is 0. The predicted octanol–water partition coefficient (Wildman–Crippen LogP) is 2.68. The normalized spacial score (nSPS) is 23.7. The van der Waals surface area contributed by atoms with Crippen molar-refractivity contribution >= 4 is 5.91 Å². The third kappa shape index (κ3) is 2.95. The number of hydrogen-bond donors (Lipinski definition) is 0. The Hall–Kier alpha value is -2.21. The quantitative estimate of drug-likeness (QED) is 0.858. The minimum Gasteiger partial charge on any atom is -0.380 e. The van der Waals surface area contributed by atoms with Crippen molar-refractivity contribution in [2.75, 3.05) is 13.7 Å². The van der Waals surface area contributed by atoms with E-state index in [1.807, 2.05) is 28.6 Å². The fraction of sp³-hybridized carbons (Fsp3) is 0.526. The van der Waals surface area contributed by atoms with E-state index in [4.69, 9.17) is 4.74 Å². The fourth-order valence-electron chi connectivity index (χ4n) is 3.84. The molecular formula is C19H24N4O2. The summed E-state index contributed by atoms with van der Waals surface area (Å²) < 4.78 is 7.39. The van der Waals surface area contributed by atoms with E-state index in [9.17, 15) is 4.79 Å². The van der Waals surface area contributed by atoms with Gasteiger partial charge in [0.05, 0.1) is 12.1 Å². The molecule has 2 heterocycles. The van der Waals surface area contributed by atoms with Crippen molar-refractivity contribution in [1.82, 2.24) is 19.7 Å². The molecule has 1 amide bonds. The molecule has 1 aromatic heterocycles.